The molecule has 0 spiro atoms. The van der Waals surface area contributed by atoms with Crippen molar-refractivity contribution in [2.45, 2.75) is 19.8 Å². The Morgan fingerprint density at radius 3 is 2.69 bits per heavy atom. The first-order chi connectivity index (χ1) is 6.16. The molecule has 0 saturated carbocycles. The Kier molecular flexibility index (Phi) is 3.02. The molecule has 0 saturated heterocycles. The van der Waals surface area contributed by atoms with Gasteiger partial charge in [0.1, 0.15) is 6.61 Å². The van der Waals surface area contributed by atoms with Crippen molar-refractivity contribution in [1.82, 2.24) is 4.57 Å². The summed E-state index contributed by atoms with van der Waals surface area (Å²) in [5.74, 6) is 3.79. The molecule has 0 amide bonds. The standard InChI is InChI=1S/C11H15NO/c1-5-8-13-11-7-6-10(9(2)3)12(11)4/h1,6-7,9H,8H2,2-4H3. The molecule has 1 heterocycles. The van der Waals surface area contributed by atoms with Crippen LogP contribution in [0.25, 0.3) is 0 Å². The lowest BCUT2D eigenvalue weighted by Gasteiger charge is -2.09. The van der Waals surface area contributed by atoms with E-state index in [1.807, 2.05) is 17.7 Å². The van der Waals surface area contributed by atoms with Gasteiger partial charge in [-0.05, 0) is 12.0 Å². The molecular formula is C11H15NO. The van der Waals surface area contributed by atoms with E-state index in [4.69, 9.17) is 11.2 Å². The van der Waals surface area contributed by atoms with Crippen LogP contribution in [0.3, 0.4) is 0 Å². The van der Waals surface area contributed by atoms with E-state index in [0.29, 0.717) is 12.5 Å². The summed E-state index contributed by atoms with van der Waals surface area (Å²) in [6.07, 6.45) is 5.11. The van der Waals surface area contributed by atoms with E-state index in [9.17, 15) is 0 Å². The van der Waals surface area contributed by atoms with Gasteiger partial charge in [0.25, 0.3) is 0 Å². The third-order valence-electron chi connectivity index (χ3n) is 2.01. The van der Waals surface area contributed by atoms with Crippen LogP contribution in [0, 0.1) is 12.3 Å². The van der Waals surface area contributed by atoms with Gasteiger partial charge in [-0.2, -0.15) is 0 Å². The molecule has 0 aliphatic carbocycles. The molecule has 0 aliphatic heterocycles. The Labute approximate surface area is 79.5 Å². The molecule has 0 atom stereocenters. The molecular weight excluding hydrogens is 162 g/mol. The van der Waals surface area contributed by atoms with E-state index < -0.39 is 0 Å². The minimum absolute atomic E-state index is 0.329. The van der Waals surface area contributed by atoms with Gasteiger partial charge >= 0.3 is 0 Å². The van der Waals surface area contributed by atoms with Crippen LogP contribution < -0.4 is 4.74 Å². The first kappa shape index (κ1) is 9.73. The largest absolute Gasteiger partial charge is 0.466 e. The van der Waals surface area contributed by atoms with Crippen molar-refractivity contribution in [3.05, 3.63) is 17.8 Å². The van der Waals surface area contributed by atoms with Crippen molar-refractivity contribution < 1.29 is 4.74 Å². The van der Waals surface area contributed by atoms with Crippen LogP contribution in [0.15, 0.2) is 12.1 Å². The SMILES string of the molecule is C#CCOc1ccc(C(C)C)n1C. The number of terminal acetylenes is 1. The lowest BCUT2D eigenvalue weighted by Crippen LogP contribution is -2.03. The second-order valence-corrected chi connectivity index (χ2v) is 3.30. The molecule has 70 valence electrons. The second kappa shape index (κ2) is 4.04. The molecule has 2 heteroatoms. The number of nitrogens with zero attached hydrogens (tertiary/aromatic N) is 1. The van der Waals surface area contributed by atoms with Crippen molar-refractivity contribution in [2.24, 2.45) is 7.05 Å². The summed E-state index contributed by atoms with van der Waals surface area (Å²) in [5, 5.41) is 0. The second-order valence-electron chi connectivity index (χ2n) is 3.30. The average molecular weight is 177 g/mol. The minimum atomic E-state index is 0.329. The quantitative estimate of drug-likeness (QED) is 0.645. The van der Waals surface area contributed by atoms with E-state index in [0.717, 1.165) is 5.88 Å². The van der Waals surface area contributed by atoms with Crippen LogP contribution >= 0.6 is 0 Å². The highest BCUT2D eigenvalue weighted by Crippen LogP contribution is 2.21. The maximum atomic E-state index is 5.34. The first-order valence-corrected chi connectivity index (χ1v) is 4.38. The molecule has 1 aromatic heterocycles. The van der Waals surface area contributed by atoms with Gasteiger partial charge in [0.15, 0.2) is 5.88 Å². The third kappa shape index (κ3) is 2.06. The van der Waals surface area contributed by atoms with Crippen molar-refractivity contribution in [2.75, 3.05) is 6.61 Å². The Hall–Kier alpha value is -1.36. The minimum Gasteiger partial charge on any atom is -0.466 e. The van der Waals surface area contributed by atoms with Gasteiger partial charge in [0.05, 0.1) is 0 Å². The summed E-state index contributed by atoms with van der Waals surface area (Å²) in [7, 11) is 1.99. The molecule has 0 bridgehead atoms. The van der Waals surface area contributed by atoms with Crippen LogP contribution in [0.5, 0.6) is 5.88 Å². The Bertz CT molecular complexity index is 317. The number of hydrogen-bond acceptors (Lipinski definition) is 1. The highest BCUT2D eigenvalue weighted by Gasteiger charge is 2.07. The summed E-state index contributed by atoms with van der Waals surface area (Å²) in [5.41, 5.74) is 1.26. The number of hydrogen-bond donors (Lipinski definition) is 0. The molecule has 0 fully saturated rings. The van der Waals surface area contributed by atoms with Gasteiger partial charge in [-0.25, -0.2) is 0 Å². The van der Waals surface area contributed by atoms with Crippen LogP contribution in [0.4, 0.5) is 0 Å². The summed E-state index contributed by atoms with van der Waals surface area (Å²) in [6, 6.07) is 4.02. The summed E-state index contributed by atoms with van der Waals surface area (Å²) in [4.78, 5) is 0. The Balaban J connectivity index is 2.81. The number of rotatable bonds is 3. The fraction of sp³-hybridized carbons (Fsp3) is 0.455. The molecule has 0 unspecified atom stereocenters. The van der Waals surface area contributed by atoms with E-state index in [2.05, 4.69) is 25.8 Å². The number of aromatic nitrogens is 1. The van der Waals surface area contributed by atoms with Gasteiger partial charge in [-0.1, -0.05) is 19.8 Å². The molecule has 0 N–H and O–H groups in total. The first-order valence-electron chi connectivity index (χ1n) is 4.38. The zero-order chi connectivity index (χ0) is 9.84. The molecule has 0 radical (unpaired) electrons. The summed E-state index contributed by atoms with van der Waals surface area (Å²) >= 11 is 0. The van der Waals surface area contributed by atoms with E-state index in [1.165, 1.54) is 5.69 Å². The van der Waals surface area contributed by atoms with Gasteiger partial charge in [-0.15, -0.1) is 6.42 Å². The van der Waals surface area contributed by atoms with Crippen molar-refractivity contribution in [3.8, 4) is 18.2 Å². The zero-order valence-electron chi connectivity index (χ0n) is 8.37. The van der Waals surface area contributed by atoms with E-state index >= 15 is 0 Å². The van der Waals surface area contributed by atoms with E-state index in [1.54, 1.807) is 0 Å². The number of ether oxygens (including phenoxy) is 1. The zero-order valence-corrected chi connectivity index (χ0v) is 8.37. The molecule has 0 aliphatic rings. The molecule has 0 aromatic carbocycles. The monoisotopic (exact) mass is 177 g/mol. The van der Waals surface area contributed by atoms with E-state index in [-0.39, 0.29) is 0 Å². The van der Waals surface area contributed by atoms with Gasteiger partial charge in [-0.3, -0.25) is 0 Å². The van der Waals surface area contributed by atoms with Gasteiger partial charge in [0, 0.05) is 18.8 Å². The third-order valence-corrected chi connectivity index (χ3v) is 2.01. The van der Waals surface area contributed by atoms with Crippen LogP contribution in [0.2, 0.25) is 0 Å². The fourth-order valence-corrected chi connectivity index (χ4v) is 1.35. The highest BCUT2D eigenvalue weighted by molar-refractivity contribution is 5.23. The fourth-order valence-electron chi connectivity index (χ4n) is 1.35. The topological polar surface area (TPSA) is 14.2 Å². The molecule has 2 nitrogen and oxygen atoms in total. The van der Waals surface area contributed by atoms with Crippen molar-refractivity contribution in [3.63, 3.8) is 0 Å². The lowest BCUT2D eigenvalue weighted by atomic mass is 10.1. The van der Waals surface area contributed by atoms with Crippen molar-refractivity contribution in [1.29, 1.82) is 0 Å². The van der Waals surface area contributed by atoms with Crippen molar-refractivity contribution >= 4 is 0 Å². The van der Waals surface area contributed by atoms with Crippen LogP contribution in [0.1, 0.15) is 25.5 Å². The van der Waals surface area contributed by atoms with Gasteiger partial charge < -0.3 is 9.30 Å². The molecule has 1 aromatic rings. The Morgan fingerprint density at radius 1 is 1.54 bits per heavy atom. The molecule has 1 rings (SSSR count). The maximum Gasteiger partial charge on any atom is 0.194 e. The predicted octanol–water partition coefficient (Wildman–Crippen LogP) is 2.16. The smallest absolute Gasteiger partial charge is 0.194 e. The maximum absolute atomic E-state index is 5.34. The lowest BCUT2D eigenvalue weighted by molar-refractivity contribution is 0.340. The predicted molar refractivity (Wildman–Crippen MR) is 53.8 cm³/mol. The van der Waals surface area contributed by atoms with Gasteiger partial charge in [0.2, 0.25) is 0 Å². The Morgan fingerprint density at radius 2 is 2.23 bits per heavy atom. The highest BCUT2D eigenvalue weighted by atomic mass is 16.5. The summed E-state index contributed by atoms with van der Waals surface area (Å²) in [6.45, 7) is 4.63. The van der Waals surface area contributed by atoms with Crippen LogP contribution in [-0.2, 0) is 7.05 Å². The van der Waals surface area contributed by atoms with Crippen LogP contribution in [-0.4, -0.2) is 11.2 Å². The summed E-state index contributed by atoms with van der Waals surface area (Å²) < 4.78 is 7.37. The molecule has 13 heavy (non-hydrogen) atoms. The normalized spacial score (nSPS) is 10.1. The average Bonchev–Trinajstić information content (AvgIpc) is 2.43.